The summed E-state index contributed by atoms with van der Waals surface area (Å²) in [6.07, 6.45) is 3.98. The Morgan fingerprint density at radius 3 is 2.78 bits per heavy atom. The van der Waals surface area contributed by atoms with E-state index in [1.165, 1.54) is 24.0 Å². The number of primary amides is 1. The van der Waals surface area contributed by atoms with Crippen molar-refractivity contribution in [1.82, 2.24) is 5.32 Å². The van der Waals surface area contributed by atoms with Crippen LogP contribution in [-0.4, -0.2) is 12.5 Å². The summed E-state index contributed by atoms with van der Waals surface area (Å²) in [5, 5.41) is 3.44. The monoisotopic (exact) mass is 246 g/mol. The van der Waals surface area contributed by atoms with Gasteiger partial charge in [-0.3, -0.25) is 4.79 Å². The summed E-state index contributed by atoms with van der Waals surface area (Å²) >= 11 is 0. The fourth-order valence-electron chi connectivity index (χ4n) is 2.41. The molecular weight excluding hydrogens is 224 g/mol. The van der Waals surface area contributed by atoms with Gasteiger partial charge in [0, 0.05) is 12.5 Å². The first-order chi connectivity index (χ1) is 8.72. The van der Waals surface area contributed by atoms with Crippen molar-refractivity contribution in [3.05, 3.63) is 35.4 Å². The molecule has 18 heavy (non-hydrogen) atoms. The molecule has 0 aromatic heterocycles. The van der Waals surface area contributed by atoms with Crippen LogP contribution in [0.5, 0.6) is 0 Å². The maximum Gasteiger partial charge on any atom is 0.219 e. The van der Waals surface area contributed by atoms with Gasteiger partial charge in [0.1, 0.15) is 0 Å². The van der Waals surface area contributed by atoms with Crippen LogP contribution >= 0.6 is 0 Å². The second-order valence-corrected chi connectivity index (χ2v) is 5.08. The first-order valence-corrected chi connectivity index (χ1v) is 6.83. The molecule has 1 fully saturated rings. The van der Waals surface area contributed by atoms with Gasteiger partial charge in [-0.25, -0.2) is 0 Å². The number of hydrogen-bond acceptors (Lipinski definition) is 2. The molecular formula is C15H22N2O. The van der Waals surface area contributed by atoms with Crippen molar-refractivity contribution in [2.24, 2.45) is 5.73 Å². The topological polar surface area (TPSA) is 55.1 Å². The Balaban J connectivity index is 2.19. The van der Waals surface area contributed by atoms with Crippen molar-refractivity contribution in [2.45, 2.75) is 44.6 Å². The van der Waals surface area contributed by atoms with Crippen molar-refractivity contribution in [2.75, 3.05) is 6.54 Å². The third kappa shape index (κ3) is 3.33. The summed E-state index contributed by atoms with van der Waals surface area (Å²) in [7, 11) is 0. The highest BCUT2D eigenvalue weighted by Crippen LogP contribution is 2.43. The van der Waals surface area contributed by atoms with Gasteiger partial charge in [-0.1, -0.05) is 31.2 Å². The standard InChI is InChI=1S/C15H22N2O/c1-2-9-17-14(10-15(16)18)13-6-4-3-5-12(13)11-7-8-11/h3-6,11,14,17H,2,7-10H2,1H3,(H2,16,18). The van der Waals surface area contributed by atoms with Crippen molar-refractivity contribution in [1.29, 1.82) is 0 Å². The van der Waals surface area contributed by atoms with Crippen molar-refractivity contribution < 1.29 is 4.79 Å². The summed E-state index contributed by atoms with van der Waals surface area (Å²) in [4.78, 5) is 11.2. The van der Waals surface area contributed by atoms with E-state index in [9.17, 15) is 4.79 Å². The quantitative estimate of drug-likeness (QED) is 0.776. The van der Waals surface area contributed by atoms with Crippen molar-refractivity contribution >= 4 is 5.91 Å². The van der Waals surface area contributed by atoms with E-state index >= 15 is 0 Å². The number of carbonyl (C=O) groups excluding carboxylic acids is 1. The lowest BCUT2D eigenvalue weighted by molar-refractivity contribution is -0.118. The Hall–Kier alpha value is -1.35. The van der Waals surface area contributed by atoms with Gasteiger partial charge in [-0.15, -0.1) is 0 Å². The summed E-state index contributed by atoms with van der Waals surface area (Å²) in [6, 6.07) is 8.51. The molecule has 0 bridgehead atoms. The Bertz CT molecular complexity index is 413. The molecule has 1 saturated carbocycles. The van der Waals surface area contributed by atoms with Crippen LogP contribution in [0.3, 0.4) is 0 Å². The number of nitrogens with one attached hydrogen (secondary N) is 1. The minimum atomic E-state index is -0.241. The highest BCUT2D eigenvalue weighted by molar-refractivity contribution is 5.74. The average molecular weight is 246 g/mol. The molecule has 1 aromatic rings. The van der Waals surface area contributed by atoms with Gasteiger partial charge < -0.3 is 11.1 Å². The van der Waals surface area contributed by atoms with Gasteiger partial charge in [-0.05, 0) is 42.9 Å². The lowest BCUT2D eigenvalue weighted by Crippen LogP contribution is -2.28. The predicted octanol–water partition coefficient (Wildman–Crippen LogP) is 2.48. The fourth-order valence-corrected chi connectivity index (χ4v) is 2.41. The fraction of sp³-hybridized carbons (Fsp3) is 0.533. The molecule has 0 radical (unpaired) electrons. The van der Waals surface area contributed by atoms with Crippen LogP contribution in [-0.2, 0) is 4.79 Å². The van der Waals surface area contributed by atoms with E-state index in [4.69, 9.17) is 5.73 Å². The van der Waals surface area contributed by atoms with E-state index in [2.05, 4.69) is 30.4 Å². The SMILES string of the molecule is CCCNC(CC(N)=O)c1ccccc1C1CC1. The van der Waals surface area contributed by atoms with Gasteiger partial charge in [0.05, 0.1) is 0 Å². The molecule has 0 aliphatic heterocycles. The number of benzene rings is 1. The summed E-state index contributed by atoms with van der Waals surface area (Å²) in [6.45, 7) is 3.04. The van der Waals surface area contributed by atoms with Crippen LogP contribution in [0.25, 0.3) is 0 Å². The summed E-state index contributed by atoms with van der Waals surface area (Å²) < 4.78 is 0. The van der Waals surface area contributed by atoms with Crippen LogP contribution in [0.2, 0.25) is 0 Å². The Kier molecular flexibility index (Phi) is 4.37. The van der Waals surface area contributed by atoms with Gasteiger partial charge in [0.25, 0.3) is 0 Å². The maximum absolute atomic E-state index is 11.2. The third-order valence-corrected chi connectivity index (χ3v) is 3.43. The zero-order valence-electron chi connectivity index (χ0n) is 11.0. The van der Waals surface area contributed by atoms with Crippen LogP contribution < -0.4 is 11.1 Å². The number of rotatable bonds is 7. The van der Waals surface area contributed by atoms with E-state index in [-0.39, 0.29) is 11.9 Å². The molecule has 98 valence electrons. The van der Waals surface area contributed by atoms with E-state index in [1.54, 1.807) is 0 Å². The largest absolute Gasteiger partial charge is 0.370 e. The zero-order chi connectivity index (χ0) is 13.0. The molecule has 0 spiro atoms. The number of carbonyl (C=O) groups is 1. The van der Waals surface area contributed by atoms with Gasteiger partial charge in [0.2, 0.25) is 5.91 Å². The third-order valence-electron chi connectivity index (χ3n) is 3.43. The zero-order valence-corrected chi connectivity index (χ0v) is 11.0. The summed E-state index contributed by atoms with van der Waals surface area (Å²) in [5.41, 5.74) is 8.02. The van der Waals surface area contributed by atoms with E-state index in [0.717, 1.165) is 13.0 Å². The first-order valence-electron chi connectivity index (χ1n) is 6.83. The summed E-state index contributed by atoms with van der Waals surface area (Å²) in [5.74, 6) is 0.453. The van der Waals surface area contributed by atoms with Crippen LogP contribution in [0.1, 0.15) is 55.7 Å². The van der Waals surface area contributed by atoms with E-state index < -0.39 is 0 Å². The lowest BCUT2D eigenvalue weighted by atomic mass is 9.95. The Labute approximate surface area is 109 Å². The molecule has 0 heterocycles. The van der Waals surface area contributed by atoms with E-state index in [1.807, 2.05) is 6.07 Å². The number of nitrogens with two attached hydrogens (primary N) is 1. The number of amides is 1. The normalized spacial score (nSPS) is 16.5. The van der Waals surface area contributed by atoms with Crippen LogP contribution in [0, 0.1) is 0 Å². The molecule has 2 rings (SSSR count). The molecule has 1 aliphatic rings. The lowest BCUT2D eigenvalue weighted by Gasteiger charge is -2.20. The molecule has 3 N–H and O–H groups in total. The van der Waals surface area contributed by atoms with Gasteiger partial charge in [0.15, 0.2) is 0 Å². The maximum atomic E-state index is 11.2. The molecule has 1 unspecified atom stereocenters. The van der Waals surface area contributed by atoms with Crippen molar-refractivity contribution in [3.63, 3.8) is 0 Å². The Morgan fingerprint density at radius 2 is 2.17 bits per heavy atom. The molecule has 1 atom stereocenters. The highest BCUT2D eigenvalue weighted by atomic mass is 16.1. The average Bonchev–Trinajstić information content (AvgIpc) is 3.18. The number of hydrogen-bond donors (Lipinski definition) is 2. The van der Waals surface area contributed by atoms with Gasteiger partial charge >= 0.3 is 0 Å². The van der Waals surface area contributed by atoms with E-state index in [0.29, 0.717) is 12.3 Å². The second kappa shape index (κ2) is 6.01. The van der Waals surface area contributed by atoms with Crippen LogP contribution in [0.15, 0.2) is 24.3 Å². The minimum Gasteiger partial charge on any atom is -0.370 e. The van der Waals surface area contributed by atoms with Gasteiger partial charge in [-0.2, -0.15) is 0 Å². The first kappa shape index (κ1) is 13.1. The molecule has 1 amide bonds. The van der Waals surface area contributed by atoms with Crippen molar-refractivity contribution in [3.8, 4) is 0 Å². The van der Waals surface area contributed by atoms with Crippen LogP contribution in [0.4, 0.5) is 0 Å². The smallest absolute Gasteiger partial charge is 0.219 e. The highest BCUT2D eigenvalue weighted by Gasteiger charge is 2.28. The molecule has 3 nitrogen and oxygen atoms in total. The molecule has 1 aliphatic carbocycles. The molecule has 0 saturated heterocycles. The Morgan fingerprint density at radius 1 is 1.44 bits per heavy atom. The molecule has 3 heteroatoms. The second-order valence-electron chi connectivity index (χ2n) is 5.08. The minimum absolute atomic E-state index is 0.0687. The molecule has 1 aromatic carbocycles. The predicted molar refractivity (Wildman–Crippen MR) is 73.3 cm³/mol.